The van der Waals surface area contributed by atoms with Gasteiger partial charge in [0.25, 0.3) is 0 Å². The maximum absolute atomic E-state index is 10.2. The van der Waals surface area contributed by atoms with Crippen LogP contribution in [0.25, 0.3) is 0 Å². The van der Waals surface area contributed by atoms with Gasteiger partial charge >= 0.3 is 5.97 Å². The highest BCUT2D eigenvalue weighted by Crippen LogP contribution is 2.00. The predicted octanol–water partition coefficient (Wildman–Crippen LogP) is 0.00390. The third kappa shape index (κ3) is 1.54. The van der Waals surface area contributed by atoms with Gasteiger partial charge in [0, 0.05) is 6.54 Å². The molecule has 0 amide bonds. The van der Waals surface area contributed by atoms with Gasteiger partial charge in [0.05, 0.1) is 0 Å². The molecule has 1 radical (unpaired) electrons. The molecule has 1 heterocycles. The number of nitrogens with zero attached hydrogens (tertiary/aromatic N) is 1. The Morgan fingerprint density at radius 1 is 1.67 bits per heavy atom. The van der Waals surface area contributed by atoms with E-state index >= 15 is 0 Å². The average molecular weight is 126 g/mol. The topological polar surface area (TPSA) is 51.4 Å². The Kier molecular flexibility index (Phi) is 1.85. The van der Waals surface area contributed by atoms with E-state index in [4.69, 9.17) is 5.11 Å². The van der Waals surface area contributed by atoms with E-state index in [1.807, 2.05) is 12.2 Å². The molecule has 1 N–H and O–H groups in total. The molecule has 0 aromatic heterocycles. The molecule has 1 atom stereocenters. The van der Waals surface area contributed by atoms with Gasteiger partial charge in [0.2, 0.25) is 0 Å². The van der Waals surface area contributed by atoms with Gasteiger partial charge in [-0.3, -0.25) is 4.79 Å². The summed E-state index contributed by atoms with van der Waals surface area (Å²) >= 11 is 0. The van der Waals surface area contributed by atoms with Crippen LogP contribution in [0.5, 0.6) is 0 Å². The Balaban J connectivity index is 2.44. The van der Waals surface area contributed by atoms with Crippen LogP contribution in [-0.4, -0.2) is 23.7 Å². The van der Waals surface area contributed by atoms with Crippen molar-refractivity contribution < 1.29 is 9.90 Å². The van der Waals surface area contributed by atoms with Gasteiger partial charge in [-0.05, 0) is 6.42 Å². The summed E-state index contributed by atoms with van der Waals surface area (Å²) in [6, 6.07) is -0.491. The summed E-state index contributed by atoms with van der Waals surface area (Å²) < 4.78 is 0. The fourth-order valence-electron chi connectivity index (χ4n) is 0.741. The van der Waals surface area contributed by atoms with E-state index in [0.717, 1.165) is 0 Å². The second-order valence-electron chi connectivity index (χ2n) is 1.93. The lowest BCUT2D eigenvalue weighted by atomic mass is 10.1. The Labute approximate surface area is 53.4 Å². The van der Waals surface area contributed by atoms with Crippen molar-refractivity contribution in [2.45, 2.75) is 12.5 Å². The second kappa shape index (κ2) is 2.64. The SMILES string of the molecule is O=C(O)C1CC=CC[N]1. The fourth-order valence-corrected chi connectivity index (χ4v) is 0.741. The summed E-state index contributed by atoms with van der Waals surface area (Å²) in [6.07, 6.45) is 4.28. The van der Waals surface area contributed by atoms with Gasteiger partial charge in [0.15, 0.2) is 0 Å². The summed E-state index contributed by atoms with van der Waals surface area (Å²) in [5.41, 5.74) is 0. The minimum atomic E-state index is -0.820. The minimum absolute atomic E-state index is 0.491. The number of carbonyl (C=O) groups is 1. The van der Waals surface area contributed by atoms with Crippen molar-refractivity contribution >= 4 is 5.97 Å². The highest BCUT2D eigenvalue weighted by Gasteiger charge is 2.17. The molecule has 0 bridgehead atoms. The van der Waals surface area contributed by atoms with Crippen molar-refractivity contribution in [3.8, 4) is 0 Å². The number of carboxylic acids is 1. The van der Waals surface area contributed by atoms with Crippen LogP contribution in [0.1, 0.15) is 6.42 Å². The van der Waals surface area contributed by atoms with Crippen LogP contribution in [0.15, 0.2) is 12.2 Å². The monoisotopic (exact) mass is 126 g/mol. The lowest BCUT2D eigenvalue weighted by molar-refractivity contribution is -0.139. The highest BCUT2D eigenvalue weighted by molar-refractivity contribution is 5.73. The van der Waals surface area contributed by atoms with Crippen molar-refractivity contribution in [2.24, 2.45) is 0 Å². The molecule has 3 nitrogen and oxygen atoms in total. The summed E-state index contributed by atoms with van der Waals surface area (Å²) in [6.45, 7) is 0.553. The smallest absolute Gasteiger partial charge is 0.322 e. The third-order valence-corrected chi connectivity index (χ3v) is 1.24. The van der Waals surface area contributed by atoms with Crippen molar-refractivity contribution in [1.29, 1.82) is 0 Å². The third-order valence-electron chi connectivity index (χ3n) is 1.24. The fraction of sp³-hybridized carbons (Fsp3) is 0.500. The molecule has 0 fully saturated rings. The summed E-state index contributed by atoms with van der Waals surface area (Å²) in [5, 5.41) is 12.3. The largest absolute Gasteiger partial charge is 0.480 e. The molecule has 3 heteroatoms. The highest BCUT2D eigenvalue weighted by atomic mass is 16.4. The quantitative estimate of drug-likeness (QED) is 0.503. The molecular weight excluding hydrogens is 118 g/mol. The van der Waals surface area contributed by atoms with E-state index in [1.165, 1.54) is 0 Å². The van der Waals surface area contributed by atoms with Crippen LogP contribution < -0.4 is 5.32 Å². The normalized spacial score (nSPS) is 26.0. The van der Waals surface area contributed by atoms with Gasteiger partial charge in [-0.15, -0.1) is 0 Å². The van der Waals surface area contributed by atoms with E-state index in [0.29, 0.717) is 13.0 Å². The summed E-state index contributed by atoms with van der Waals surface area (Å²) in [4.78, 5) is 10.2. The van der Waals surface area contributed by atoms with Crippen molar-refractivity contribution in [1.82, 2.24) is 5.32 Å². The maximum atomic E-state index is 10.2. The van der Waals surface area contributed by atoms with E-state index in [9.17, 15) is 4.79 Å². The Bertz CT molecular complexity index is 142. The van der Waals surface area contributed by atoms with Gasteiger partial charge in [0.1, 0.15) is 6.04 Å². The molecule has 1 unspecified atom stereocenters. The van der Waals surface area contributed by atoms with Crippen LogP contribution in [0.3, 0.4) is 0 Å². The van der Waals surface area contributed by atoms with Gasteiger partial charge in [-0.25, -0.2) is 5.32 Å². The van der Waals surface area contributed by atoms with Crippen molar-refractivity contribution in [2.75, 3.05) is 6.54 Å². The minimum Gasteiger partial charge on any atom is -0.480 e. The first-order chi connectivity index (χ1) is 4.30. The van der Waals surface area contributed by atoms with Crippen LogP contribution in [0.4, 0.5) is 0 Å². The molecule has 0 saturated carbocycles. The van der Waals surface area contributed by atoms with E-state index in [1.54, 1.807) is 0 Å². The van der Waals surface area contributed by atoms with E-state index in [2.05, 4.69) is 5.32 Å². The maximum Gasteiger partial charge on any atom is 0.322 e. The van der Waals surface area contributed by atoms with Crippen LogP contribution in [0.2, 0.25) is 0 Å². The first kappa shape index (κ1) is 6.29. The number of rotatable bonds is 1. The molecule has 0 aromatic rings. The molecule has 1 aliphatic rings. The number of carboxylic acid groups (broad SMARTS) is 1. The molecule has 0 saturated heterocycles. The van der Waals surface area contributed by atoms with Gasteiger partial charge in [-0.1, -0.05) is 12.2 Å². The van der Waals surface area contributed by atoms with Gasteiger partial charge < -0.3 is 5.11 Å². The summed E-state index contributed by atoms with van der Waals surface area (Å²) in [5.74, 6) is -0.820. The molecule has 0 aliphatic carbocycles. The van der Waals surface area contributed by atoms with Crippen LogP contribution in [-0.2, 0) is 4.79 Å². The number of hydrogen-bond donors (Lipinski definition) is 1. The standard InChI is InChI=1S/C6H8NO2/c8-6(9)5-3-1-2-4-7-5/h1-2,5H,3-4H2,(H,8,9). The van der Waals surface area contributed by atoms with Crippen LogP contribution >= 0.6 is 0 Å². The van der Waals surface area contributed by atoms with E-state index < -0.39 is 12.0 Å². The zero-order valence-corrected chi connectivity index (χ0v) is 4.95. The number of hydrogen-bond acceptors (Lipinski definition) is 1. The molecule has 0 aromatic carbocycles. The Hall–Kier alpha value is -0.830. The Morgan fingerprint density at radius 3 is 2.78 bits per heavy atom. The van der Waals surface area contributed by atoms with Crippen molar-refractivity contribution in [3.05, 3.63) is 12.2 Å². The van der Waals surface area contributed by atoms with Crippen LogP contribution in [0, 0.1) is 0 Å². The van der Waals surface area contributed by atoms with Crippen molar-refractivity contribution in [3.63, 3.8) is 0 Å². The molecule has 1 aliphatic heterocycles. The molecular formula is C6H8NO2. The van der Waals surface area contributed by atoms with E-state index in [-0.39, 0.29) is 0 Å². The second-order valence-corrected chi connectivity index (χ2v) is 1.93. The molecule has 0 spiro atoms. The average Bonchev–Trinajstić information content (AvgIpc) is 1.90. The zero-order valence-electron chi connectivity index (χ0n) is 4.95. The first-order valence-electron chi connectivity index (χ1n) is 2.85. The number of aliphatic carboxylic acids is 1. The van der Waals surface area contributed by atoms with Gasteiger partial charge in [-0.2, -0.15) is 0 Å². The summed E-state index contributed by atoms with van der Waals surface area (Å²) in [7, 11) is 0. The lowest BCUT2D eigenvalue weighted by Crippen LogP contribution is -2.32. The zero-order chi connectivity index (χ0) is 6.69. The Morgan fingerprint density at radius 2 is 2.44 bits per heavy atom. The molecule has 1 rings (SSSR count). The predicted molar refractivity (Wildman–Crippen MR) is 32.2 cm³/mol. The molecule has 49 valence electrons. The molecule has 9 heavy (non-hydrogen) atoms. The first-order valence-corrected chi connectivity index (χ1v) is 2.85. The lowest BCUT2D eigenvalue weighted by Gasteiger charge is -2.11.